The van der Waals surface area contributed by atoms with Gasteiger partial charge < -0.3 is 14.7 Å². The smallest absolute Gasteiger partial charge is 0.129 e. The van der Waals surface area contributed by atoms with Crippen molar-refractivity contribution in [3.8, 4) is 22.3 Å². The Balaban J connectivity index is 0.928. The van der Waals surface area contributed by atoms with Crippen LogP contribution in [0.15, 0.2) is 224 Å². The summed E-state index contributed by atoms with van der Waals surface area (Å²) in [5.41, 5.74) is 17.1. The summed E-state index contributed by atoms with van der Waals surface area (Å²) in [6, 6.07) is 78.3. The minimum atomic E-state index is 0.866. The lowest BCUT2D eigenvalue weighted by Crippen LogP contribution is -2.10. The van der Waals surface area contributed by atoms with Gasteiger partial charge in [-0.05, 0) is 120 Å². The number of hydrogen-bond acceptors (Lipinski definition) is 9. The van der Waals surface area contributed by atoms with Crippen LogP contribution in [0, 0.1) is 0 Å². The minimum Gasteiger partial charge on any atom is -0.311 e. The first kappa shape index (κ1) is 38.0. The SMILES string of the molecule is c1ccc(N(c2ccc(-c3ccc(N(c4ccccc4)c4ccccc4)c4nsnc34)cc2)c2ccc(-c3ccc(N(c4ccccc4)c4ccccc4)c4nsnc34)cc2)cc1. The summed E-state index contributed by atoms with van der Waals surface area (Å²) < 4.78 is 19.4. The van der Waals surface area contributed by atoms with Crippen LogP contribution in [0.25, 0.3) is 44.3 Å². The molecular formula is C54H37N7S2. The van der Waals surface area contributed by atoms with Crippen molar-refractivity contribution in [1.29, 1.82) is 0 Å². The van der Waals surface area contributed by atoms with Crippen LogP contribution in [-0.4, -0.2) is 17.5 Å². The first-order chi connectivity index (χ1) is 31.3. The van der Waals surface area contributed by atoms with Crippen LogP contribution in [0.3, 0.4) is 0 Å². The molecule has 7 nitrogen and oxygen atoms in total. The Bertz CT molecular complexity index is 2990. The Morgan fingerprint density at radius 1 is 0.238 bits per heavy atom. The Kier molecular flexibility index (Phi) is 10.1. The highest BCUT2D eigenvalue weighted by Gasteiger charge is 2.22. The summed E-state index contributed by atoms with van der Waals surface area (Å²) in [5, 5.41) is 0. The maximum atomic E-state index is 4.85. The third-order valence-electron chi connectivity index (χ3n) is 11.2. The van der Waals surface area contributed by atoms with Gasteiger partial charge in [-0.25, -0.2) is 0 Å². The molecule has 0 unspecified atom stereocenters. The number of hydrogen-bond donors (Lipinski definition) is 0. The van der Waals surface area contributed by atoms with Gasteiger partial charge in [-0.3, -0.25) is 0 Å². The van der Waals surface area contributed by atoms with E-state index >= 15 is 0 Å². The van der Waals surface area contributed by atoms with Gasteiger partial charge in [0.1, 0.15) is 22.1 Å². The summed E-state index contributed by atoms with van der Waals surface area (Å²) in [7, 11) is 0. The van der Waals surface area contributed by atoms with Gasteiger partial charge in [-0.1, -0.05) is 115 Å². The highest BCUT2D eigenvalue weighted by Crippen LogP contribution is 2.44. The van der Waals surface area contributed by atoms with Crippen LogP contribution >= 0.6 is 23.5 Å². The molecule has 0 fully saturated rings. The summed E-state index contributed by atoms with van der Waals surface area (Å²) in [4.78, 5) is 6.78. The zero-order valence-corrected chi connectivity index (χ0v) is 35.4. The summed E-state index contributed by atoms with van der Waals surface area (Å²) in [6.07, 6.45) is 0. The predicted molar refractivity (Wildman–Crippen MR) is 263 cm³/mol. The average molecular weight is 848 g/mol. The fourth-order valence-corrected chi connectivity index (χ4v) is 9.44. The lowest BCUT2D eigenvalue weighted by Gasteiger charge is -2.26. The minimum absolute atomic E-state index is 0.866. The van der Waals surface area contributed by atoms with E-state index < -0.39 is 0 Å². The van der Waals surface area contributed by atoms with Gasteiger partial charge in [-0.2, -0.15) is 17.5 Å². The molecule has 0 N–H and O–H groups in total. The molecule has 0 atom stereocenters. The molecule has 0 aliphatic rings. The Morgan fingerprint density at radius 3 is 0.825 bits per heavy atom. The highest BCUT2D eigenvalue weighted by molar-refractivity contribution is 7.00. The molecule has 0 aliphatic heterocycles. The van der Waals surface area contributed by atoms with E-state index in [4.69, 9.17) is 17.5 Å². The molecule has 11 aromatic rings. The van der Waals surface area contributed by atoms with Crippen molar-refractivity contribution >= 4 is 96.7 Å². The van der Waals surface area contributed by atoms with Crippen molar-refractivity contribution in [2.24, 2.45) is 0 Å². The standard InChI is InChI=1S/C54H37N7S2/c1-6-16-40(17-7-1)59(45-30-26-38(27-31-45)47-34-36-49(53-51(47)55-62-57-53)60(41-18-8-2-9-19-41)42-20-10-3-11-21-42)46-32-28-39(29-33-46)48-35-37-50(54-52(48)56-63-58-54)61(43-22-12-4-13-23-43)44-24-14-5-15-25-44/h1-37H. The van der Waals surface area contributed by atoms with E-state index in [0.717, 1.165) is 95.5 Å². The maximum Gasteiger partial charge on any atom is 0.129 e. The number of fused-ring (bicyclic) bond motifs is 2. The zero-order chi connectivity index (χ0) is 42.0. The third kappa shape index (κ3) is 7.25. The number of aromatic nitrogens is 4. The van der Waals surface area contributed by atoms with E-state index in [2.05, 4.69) is 215 Å². The molecule has 9 heteroatoms. The van der Waals surface area contributed by atoms with E-state index in [0.29, 0.717) is 0 Å². The van der Waals surface area contributed by atoms with Crippen molar-refractivity contribution in [3.63, 3.8) is 0 Å². The second kappa shape index (κ2) is 16.8. The Labute approximate surface area is 373 Å². The second-order valence-electron chi connectivity index (χ2n) is 15.0. The fourth-order valence-electron chi connectivity index (χ4n) is 8.30. The van der Waals surface area contributed by atoms with Gasteiger partial charge in [-0.15, -0.1) is 0 Å². The average Bonchev–Trinajstić information content (AvgIpc) is 4.07. The van der Waals surface area contributed by atoms with E-state index in [1.165, 1.54) is 23.5 Å². The van der Waals surface area contributed by atoms with Gasteiger partial charge in [0, 0.05) is 50.9 Å². The molecule has 0 bridgehead atoms. The van der Waals surface area contributed by atoms with Crippen LogP contribution in [0.5, 0.6) is 0 Å². The quantitative estimate of drug-likeness (QED) is 0.128. The van der Waals surface area contributed by atoms with E-state index in [1.807, 2.05) is 24.3 Å². The lowest BCUT2D eigenvalue weighted by atomic mass is 10.0. The predicted octanol–water partition coefficient (Wildman–Crippen LogP) is 15.4. The van der Waals surface area contributed by atoms with Crippen molar-refractivity contribution in [2.75, 3.05) is 14.7 Å². The van der Waals surface area contributed by atoms with Crippen molar-refractivity contribution in [1.82, 2.24) is 17.5 Å². The third-order valence-corrected chi connectivity index (χ3v) is 12.3. The van der Waals surface area contributed by atoms with E-state index in [-0.39, 0.29) is 0 Å². The molecule has 2 heterocycles. The van der Waals surface area contributed by atoms with Crippen LogP contribution in [-0.2, 0) is 0 Å². The van der Waals surface area contributed by atoms with Crippen molar-refractivity contribution in [2.45, 2.75) is 0 Å². The van der Waals surface area contributed by atoms with Crippen LogP contribution < -0.4 is 14.7 Å². The van der Waals surface area contributed by atoms with Gasteiger partial charge >= 0.3 is 0 Å². The Morgan fingerprint density at radius 2 is 0.508 bits per heavy atom. The van der Waals surface area contributed by atoms with Gasteiger partial charge in [0.15, 0.2) is 0 Å². The second-order valence-corrected chi connectivity index (χ2v) is 16.0. The number of nitrogens with zero attached hydrogens (tertiary/aromatic N) is 7. The first-order valence-electron chi connectivity index (χ1n) is 20.7. The van der Waals surface area contributed by atoms with E-state index in [9.17, 15) is 0 Å². The zero-order valence-electron chi connectivity index (χ0n) is 33.8. The molecule has 0 radical (unpaired) electrons. The fraction of sp³-hybridized carbons (Fsp3) is 0. The Hall–Kier alpha value is -7.98. The van der Waals surface area contributed by atoms with Crippen LogP contribution in [0.1, 0.15) is 0 Å². The lowest BCUT2D eigenvalue weighted by molar-refractivity contribution is 1.28. The number of rotatable bonds is 11. The molecular weight excluding hydrogens is 811 g/mol. The topological polar surface area (TPSA) is 61.3 Å². The van der Waals surface area contributed by atoms with Crippen molar-refractivity contribution < 1.29 is 0 Å². The van der Waals surface area contributed by atoms with Gasteiger partial charge in [0.25, 0.3) is 0 Å². The van der Waals surface area contributed by atoms with Crippen molar-refractivity contribution in [3.05, 3.63) is 224 Å². The van der Waals surface area contributed by atoms with Crippen LogP contribution in [0.2, 0.25) is 0 Å². The molecule has 0 spiro atoms. The molecule has 11 rings (SSSR count). The highest BCUT2D eigenvalue weighted by atomic mass is 32.1. The molecule has 0 saturated heterocycles. The summed E-state index contributed by atoms with van der Waals surface area (Å²) >= 11 is 2.49. The summed E-state index contributed by atoms with van der Waals surface area (Å²) in [6.45, 7) is 0. The molecule has 0 amide bonds. The first-order valence-corrected chi connectivity index (χ1v) is 22.1. The summed E-state index contributed by atoms with van der Waals surface area (Å²) in [5.74, 6) is 0. The molecule has 0 saturated carbocycles. The number of anilines is 9. The number of benzene rings is 9. The van der Waals surface area contributed by atoms with Gasteiger partial charge in [0.2, 0.25) is 0 Å². The maximum absolute atomic E-state index is 4.85. The largest absolute Gasteiger partial charge is 0.311 e. The van der Waals surface area contributed by atoms with E-state index in [1.54, 1.807) is 0 Å². The molecule has 63 heavy (non-hydrogen) atoms. The monoisotopic (exact) mass is 847 g/mol. The normalized spacial score (nSPS) is 11.2. The molecule has 0 aliphatic carbocycles. The number of para-hydroxylation sites is 5. The van der Waals surface area contributed by atoms with Crippen LogP contribution in [0.4, 0.5) is 51.2 Å². The molecule has 300 valence electrons. The molecule has 9 aromatic carbocycles. The molecule has 2 aromatic heterocycles. The van der Waals surface area contributed by atoms with Gasteiger partial charge in [0.05, 0.1) is 34.8 Å².